The number of methoxy groups -OCH3 is 1. The van der Waals surface area contributed by atoms with Crippen molar-refractivity contribution in [3.63, 3.8) is 0 Å². The van der Waals surface area contributed by atoms with Crippen molar-refractivity contribution in [2.75, 3.05) is 20.3 Å². The van der Waals surface area contributed by atoms with Crippen LogP contribution in [-0.2, 0) is 4.74 Å². The van der Waals surface area contributed by atoms with Crippen LogP contribution in [0.15, 0.2) is 66.2 Å². The van der Waals surface area contributed by atoms with Crippen LogP contribution < -0.4 is 4.74 Å². The van der Waals surface area contributed by atoms with Crippen molar-refractivity contribution in [1.82, 2.24) is 0 Å². The lowest BCUT2D eigenvalue weighted by molar-refractivity contribution is 0.0600. The van der Waals surface area contributed by atoms with E-state index in [1.54, 1.807) is 30.3 Å². The molecule has 0 radical (unpaired) electrons. The number of carbonyl (C=O) groups is 1. The van der Waals surface area contributed by atoms with Crippen LogP contribution in [0.3, 0.4) is 0 Å². The number of fused-ring (bicyclic) bond motifs is 1. The van der Waals surface area contributed by atoms with Gasteiger partial charge in [0, 0.05) is 15.8 Å². The quantitative estimate of drug-likeness (QED) is 0.626. The van der Waals surface area contributed by atoms with E-state index in [0.717, 1.165) is 16.3 Å². The van der Waals surface area contributed by atoms with Crippen molar-refractivity contribution in [3.05, 3.63) is 82.4 Å². The van der Waals surface area contributed by atoms with E-state index >= 15 is 0 Å². The predicted octanol–water partition coefficient (Wildman–Crippen LogP) is 4.73. The van der Waals surface area contributed by atoms with Crippen molar-refractivity contribution < 1.29 is 19.4 Å². The van der Waals surface area contributed by atoms with E-state index in [2.05, 4.69) is 4.74 Å². The molecule has 0 saturated heterocycles. The highest BCUT2D eigenvalue weighted by Gasteiger charge is 2.07. The molecule has 138 valence electrons. The lowest BCUT2D eigenvalue weighted by atomic mass is 10.1. The monoisotopic (exact) mass is 382 g/mol. The number of esters is 1. The molecule has 3 aromatic carbocycles. The molecule has 0 unspecified atom stereocenters. The normalized spacial score (nSPS) is 11.4. The number of aliphatic hydroxyl groups excluding tert-OH is 1. The van der Waals surface area contributed by atoms with Gasteiger partial charge in [0.25, 0.3) is 0 Å². The molecular formula is C22H19ClO4. The van der Waals surface area contributed by atoms with Gasteiger partial charge in [-0.1, -0.05) is 54.1 Å². The number of halogens is 1. The third-order valence-electron chi connectivity index (χ3n) is 4.15. The average Bonchev–Trinajstić information content (AvgIpc) is 2.72. The Balaban J connectivity index is 1.77. The maximum absolute atomic E-state index is 11.5. The summed E-state index contributed by atoms with van der Waals surface area (Å²) in [6, 6.07) is 18.3. The maximum Gasteiger partial charge on any atom is 0.337 e. The minimum atomic E-state index is -0.383. The number of ether oxygens (including phenoxy) is 2. The predicted molar refractivity (Wildman–Crippen MR) is 107 cm³/mol. The fourth-order valence-corrected chi connectivity index (χ4v) is 2.96. The Morgan fingerprint density at radius 1 is 1.04 bits per heavy atom. The minimum absolute atomic E-state index is 0.135. The minimum Gasteiger partial charge on any atom is -0.489 e. The van der Waals surface area contributed by atoms with E-state index in [1.165, 1.54) is 7.11 Å². The van der Waals surface area contributed by atoms with Gasteiger partial charge in [0.05, 0.1) is 19.3 Å². The van der Waals surface area contributed by atoms with Crippen LogP contribution in [0.4, 0.5) is 0 Å². The first-order chi connectivity index (χ1) is 13.1. The van der Waals surface area contributed by atoms with Crippen molar-refractivity contribution in [2.45, 2.75) is 0 Å². The Hall–Kier alpha value is -2.82. The van der Waals surface area contributed by atoms with Crippen LogP contribution in [0.1, 0.15) is 15.9 Å². The number of carbonyl (C=O) groups excluding carboxylic acids is 1. The van der Waals surface area contributed by atoms with Crippen LogP contribution in [0.25, 0.3) is 16.8 Å². The van der Waals surface area contributed by atoms with Crippen LogP contribution in [0, 0.1) is 0 Å². The molecule has 5 heteroatoms. The first-order valence-electron chi connectivity index (χ1n) is 8.41. The van der Waals surface area contributed by atoms with Gasteiger partial charge in [-0.25, -0.2) is 4.79 Å². The summed E-state index contributed by atoms with van der Waals surface area (Å²) in [6.45, 7) is 0.102. The molecule has 0 aliphatic heterocycles. The smallest absolute Gasteiger partial charge is 0.337 e. The molecule has 0 aliphatic carbocycles. The van der Waals surface area contributed by atoms with Gasteiger partial charge in [-0.15, -0.1) is 0 Å². The molecule has 1 N–H and O–H groups in total. The zero-order chi connectivity index (χ0) is 19.2. The fraction of sp³-hybridized carbons (Fsp3) is 0.136. The second-order valence-corrected chi connectivity index (χ2v) is 6.36. The van der Waals surface area contributed by atoms with E-state index in [0.29, 0.717) is 21.9 Å². The molecule has 0 aromatic heterocycles. The zero-order valence-electron chi connectivity index (χ0n) is 14.8. The Morgan fingerprint density at radius 2 is 1.74 bits per heavy atom. The molecule has 0 saturated carbocycles. The molecule has 27 heavy (non-hydrogen) atoms. The van der Waals surface area contributed by atoms with E-state index in [9.17, 15) is 9.90 Å². The van der Waals surface area contributed by atoms with Gasteiger partial charge < -0.3 is 14.6 Å². The molecule has 0 heterocycles. The Labute approximate surface area is 162 Å². The van der Waals surface area contributed by atoms with Crippen LogP contribution in [0.5, 0.6) is 5.75 Å². The number of benzene rings is 3. The highest BCUT2D eigenvalue weighted by Crippen LogP contribution is 2.31. The molecule has 0 atom stereocenters. The first kappa shape index (κ1) is 19.0. The molecule has 4 nitrogen and oxygen atoms in total. The summed E-state index contributed by atoms with van der Waals surface area (Å²) in [7, 11) is 1.35. The second-order valence-electron chi connectivity index (χ2n) is 5.95. The van der Waals surface area contributed by atoms with Crippen molar-refractivity contribution >= 4 is 34.4 Å². The lowest BCUT2D eigenvalue weighted by Gasteiger charge is -2.12. The largest absolute Gasteiger partial charge is 0.489 e. The second kappa shape index (κ2) is 8.71. The standard InChI is InChI=1S/C22H19ClO4/c1-26-22(25)17-8-6-15(7-9-17)12-16(13-24)14-27-21-11-10-20(23)18-4-2-3-5-19(18)21/h2-12,24H,13-14H2,1H3/b16-12+. The maximum atomic E-state index is 11.5. The number of hydrogen-bond donors (Lipinski definition) is 1. The van der Waals surface area contributed by atoms with Gasteiger partial charge in [-0.05, 0) is 35.4 Å². The summed E-state index contributed by atoms with van der Waals surface area (Å²) in [5, 5.41) is 12.2. The lowest BCUT2D eigenvalue weighted by Crippen LogP contribution is -2.05. The van der Waals surface area contributed by atoms with E-state index in [-0.39, 0.29) is 19.2 Å². The molecular weight excluding hydrogens is 364 g/mol. The molecule has 0 fully saturated rings. The summed E-state index contributed by atoms with van der Waals surface area (Å²) in [6.07, 6.45) is 1.83. The summed E-state index contributed by atoms with van der Waals surface area (Å²) in [4.78, 5) is 11.5. The molecule has 0 spiro atoms. The molecule has 3 rings (SSSR count). The van der Waals surface area contributed by atoms with Crippen LogP contribution in [-0.4, -0.2) is 31.4 Å². The third-order valence-corrected chi connectivity index (χ3v) is 4.48. The molecule has 3 aromatic rings. The Kier molecular flexibility index (Phi) is 6.12. The van der Waals surface area contributed by atoms with Gasteiger partial charge in [0.2, 0.25) is 0 Å². The van der Waals surface area contributed by atoms with E-state index in [1.807, 2.05) is 36.4 Å². The molecule has 0 bridgehead atoms. The summed E-state index contributed by atoms with van der Waals surface area (Å²) in [5.74, 6) is 0.321. The van der Waals surface area contributed by atoms with Crippen LogP contribution >= 0.6 is 11.6 Å². The summed E-state index contributed by atoms with van der Waals surface area (Å²) < 4.78 is 10.6. The SMILES string of the molecule is COC(=O)c1ccc(/C=C(\CO)COc2ccc(Cl)c3ccccc23)cc1. The Bertz CT molecular complexity index is 977. The van der Waals surface area contributed by atoms with Gasteiger partial charge in [-0.2, -0.15) is 0 Å². The van der Waals surface area contributed by atoms with Crippen LogP contribution in [0.2, 0.25) is 5.02 Å². The van der Waals surface area contributed by atoms with Gasteiger partial charge >= 0.3 is 5.97 Å². The van der Waals surface area contributed by atoms with E-state index < -0.39 is 0 Å². The van der Waals surface area contributed by atoms with Gasteiger partial charge in [0.1, 0.15) is 12.4 Å². The third kappa shape index (κ3) is 4.48. The van der Waals surface area contributed by atoms with Crippen molar-refractivity contribution in [1.29, 1.82) is 0 Å². The highest BCUT2D eigenvalue weighted by atomic mass is 35.5. The first-order valence-corrected chi connectivity index (χ1v) is 8.79. The number of aliphatic hydroxyl groups is 1. The molecule has 0 amide bonds. The summed E-state index contributed by atoms with van der Waals surface area (Å²) >= 11 is 6.23. The molecule has 0 aliphatic rings. The van der Waals surface area contributed by atoms with E-state index in [4.69, 9.17) is 16.3 Å². The zero-order valence-corrected chi connectivity index (χ0v) is 15.6. The Morgan fingerprint density at radius 3 is 2.41 bits per heavy atom. The highest BCUT2D eigenvalue weighted by molar-refractivity contribution is 6.35. The number of hydrogen-bond acceptors (Lipinski definition) is 4. The average molecular weight is 383 g/mol. The summed E-state index contributed by atoms with van der Waals surface area (Å²) in [5.41, 5.74) is 2.04. The van der Waals surface area contributed by atoms with Crippen molar-refractivity contribution in [2.24, 2.45) is 0 Å². The topological polar surface area (TPSA) is 55.8 Å². The van der Waals surface area contributed by atoms with Gasteiger partial charge in [0.15, 0.2) is 0 Å². The fourth-order valence-electron chi connectivity index (χ4n) is 2.73. The van der Waals surface area contributed by atoms with Crippen molar-refractivity contribution in [3.8, 4) is 5.75 Å². The van der Waals surface area contributed by atoms with Gasteiger partial charge in [-0.3, -0.25) is 0 Å². The number of rotatable bonds is 6.